The average Bonchev–Trinajstić information content (AvgIpc) is 3.94. The minimum absolute atomic E-state index is 0.0259. The summed E-state index contributed by atoms with van der Waals surface area (Å²) in [7, 11) is -4.06. The predicted molar refractivity (Wildman–Crippen MR) is 181 cm³/mol. The number of aromatic amines is 1. The lowest BCUT2D eigenvalue weighted by atomic mass is 9.94. The molecule has 19 heteroatoms. The van der Waals surface area contributed by atoms with E-state index in [0.29, 0.717) is 29.1 Å². The van der Waals surface area contributed by atoms with Crippen LogP contribution in [0.2, 0.25) is 5.02 Å². The summed E-state index contributed by atoms with van der Waals surface area (Å²) in [5, 5.41) is 13.0. The molecule has 0 saturated heterocycles. The molecular weight excluding hydrogens is 764 g/mol. The molecule has 3 aliphatic rings. The van der Waals surface area contributed by atoms with Crippen LogP contribution in [0.1, 0.15) is 83.1 Å². The molecule has 11 nitrogen and oxygen atoms in total. The van der Waals surface area contributed by atoms with Crippen molar-refractivity contribution in [3.05, 3.63) is 99.1 Å². The van der Waals surface area contributed by atoms with Gasteiger partial charge < -0.3 is 5.32 Å². The Kier molecular flexibility index (Phi) is 8.37. The van der Waals surface area contributed by atoms with Crippen molar-refractivity contribution in [3.8, 4) is 11.1 Å². The third kappa shape index (κ3) is 6.18. The van der Waals surface area contributed by atoms with Gasteiger partial charge in [-0.25, -0.2) is 35.7 Å². The van der Waals surface area contributed by atoms with Crippen molar-refractivity contribution in [2.24, 2.45) is 5.92 Å². The van der Waals surface area contributed by atoms with Gasteiger partial charge in [-0.3, -0.25) is 19.4 Å². The Balaban J connectivity index is 1.19. The van der Waals surface area contributed by atoms with E-state index in [-0.39, 0.29) is 56.9 Å². The highest BCUT2D eigenvalue weighted by Crippen LogP contribution is 2.68. The lowest BCUT2D eigenvalue weighted by Crippen LogP contribution is -2.38. The Bertz CT molecular complexity index is 2480. The van der Waals surface area contributed by atoms with E-state index in [4.69, 9.17) is 11.6 Å². The van der Waals surface area contributed by atoms with Gasteiger partial charge in [-0.05, 0) is 80.0 Å². The maximum Gasteiger partial charge on any atom is 0.293 e. The molecule has 0 bridgehead atoms. The molecule has 3 aliphatic carbocycles. The number of aromatic nitrogens is 5. The first-order chi connectivity index (χ1) is 25.5. The van der Waals surface area contributed by atoms with Gasteiger partial charge in [0.15, 0.2) is 0 Å². The molecule has 0 aliphatic heterocycles. The number of benzene rings is 2. The van der Waals surface area contributed by atoms with Crippen molar-refractivity contribution in [3.63, 3.8) is 0 Å². The van der Waals surface area contributed by atoms with Gasteiger partial charge in [0.05, 0.1) is 38.8 Å². The SMILES string of the molecule is CC1(S(=O)(=O)NC(=O)c2cc(-c3cc4[nH]ncc4nc3[C@H](Cc3cc(F)cc(F)c3)NC(=O)Cn3nc(C(F)F)c4c3C(F)(F)[C@@H]3C[C@H]43)ccc2Cl)CC1. The lowest BCUT2D eigenvalue weighted by Gasteiger charge is -2.23. The molecule has 0 radical (unpaired) electrons. The molecule has 3 aromatic heterocycles. The van der Waals surface area contributed by atoms with Crippen LogP contribution < -0.4 is 10.0 Å². The number of rotatable bonds is 11. The summed E-state index contributed by atoms with van der Waals surface area (Å²) >= 11 is 6.37. The molecule has 54 heavy (non-hydrogen) atoms. The van der Waals surface area contributed by atoms with Gasteiger partial charge in [-0.15, -0.1) is 0 Å². The largest absolute Gasteiger partial charge is 0.346 e. The van der Waals surface area contributed by atoms with E-state index in [2.05, 4.69) is 30.3 Å². The fraction of sp³-hybridized carbons (Fsp3) is 0.343. The number of carbonyl (C=O) groups excluding carboxylic acids is 2. The van der Waals surface area contributed by atoms with Crippen LogP contribution in [0.15, 0.2) is 48.7 Å². The molecule has 3 heterocycles. The Morgan fingerprint density at radius 3 is 2.48 bits per heavy atom. The van der Waals surface area contributed by atoms with E-state index in [1.807, 2.05) is 0 Å². The Morgan fingerprint density at radius 1 is 1.07 bits per heavy atom. The molecule has 3 N–H and O–H groups in total. The molecule has 2 amide bonds. The average molecular weight is 792 g/mol. The molecule has 2 fully saturated rings. The van der Waals surface area contributed by atoms with E-state index >= 15 is 8.78 Å². The normalized spacial score (nSPS) is 19.7. The van der Waals surface area contributed by atoms with Crippen molar-refractivity contribution in [2.45, 2.75) is 68.2 Å². The zero-order valence-electron chi connectivity index (χ0n) is 27.9. The third-order valence-electron chi connectivity index (χ3n) is 10.3. The first kappa shape index (κ1) is 36.0. The minimum atomic E-state index is -4.06. The first-order valence-corrected chi connectivity index (χ1v) is 18.5. The summed E-state index contributed by atoms with van der Waals surface area (Å²) in [6.45, 7) is 0.600. The number of sulfonamides is 1. The molecule has 8 rings (SSSR count). The summed E-state index contributed by atoms with van der Waals surface area (Å²) in [4.78, 5) is 31.7. The zero-order chi connectivity index (χ0) is 38.5. The van der Waals surface area contributed by atoms with Crippen molar-refractivity contribution in [1.82, 2.24) is 35.0 Å². The van der Waals surface area contributed by atoms with Crippen LogP contribution in [0.4, 0.5) is 26.3 Å². The number of H-pyrrole nitrogens is 1. The summed E-state index contributed by atoms with van der Waals surface area (Å²) in [5.41, 5.74) is -0.794. The van der Waals surface area contributed by atoms with Crippen molar-refractivity contribution < 1.29 is 44.3 Å². The summed E-state index contributed by atoms with van der Waals surface area (Å²) in [6.07, 6.45) is -1.36. The number of nitrogens with zero attached hydrogens (tertiary/aromatic N) is 4. The van der Waals surface area contributed by atoms with Crippen LogP contribution in [0, 0.1) is 17.6 Å². The standard InChI is InChI=1S/C35H28ClF6N7O4S/c1-34(4-5-34)54(52,53)48-33(51)21-9-16(2-3-23(21)36)19-12-24-26(13-43-46-24)45-29(19)25(8-15-6-17(37)10-18(38)7-15)44-27(50)14-49-31-28(30(47-49)32(39)40)20-11-22(20)35(31,41)42/h2-3,6-7,9-10,12-13,20,22,25,32H,4-5,8,11,14H2,1H3,(H,43,46)(H,44,50)(H,48,51)/t20-,22+,25-/m0/s1. The number of hydrogen-bond donors (Lipinski definition) is 3. The fourth-order valence-corrected chi connectivity index (χ4v) is 8.58. The maximum atomic E-state index is 15.3. The van der Waals surface area contributed by atoms with Gasteiger partial charge in [-0.2, -0.15) is 19.0 Å². The molecular formula is C35H28ClF6N7O4S. The van der Waals surface area contributed by atoms with Crippen molar-refractivity contribution in [1.29, 1.82) is 0 Å². The van der Waals surface area contributed by atoms with E-state index in [0.717, 1.165) is 12.1 Å². The highest BCUT2D eigenvalue weighted by atomic mass is 35.5. The molecule has 0 unspecified atom stereocenters. The van der Waals surface area contributed by atoms with E-state index in [9.17, 15) is 35.6 Å². The smallest absolute Gasteiger partial charge is 0.293 e. The Labute approximate surface area is 307 Å². The summed E-state index contributed by atoms with van der Waals surface area (Å²) < 4.78 is 114. The molecule has 0 spiro atoms. The van der Waals surface area contributed by atoms with Crippen molar-refractivity contribution >= 4 is 44.5 Å². The van der Waals surface area contributed by atoms with Crippen LogP contribution in [0.3, 0.4) is 0 Å². The monoisotopic (exact) mass is 791 g/mol. The van der Waals surface area contributed by atoms with Crippen LogP contribution >= 0.6 is 11.6 Å². The van der Waals surface area contributed by atoms with Gasteiger partial charge >= 0.3 is 0 Å². The number of amides is 2. The van der Waals surface area contributed by atoms with E-state index < -0.39 is 86.4 Å². The Morgan fingerprint density at radius 2 is 1.80 bits per heavy atom. The number of carbonyl (C=O) groups is 2. The minimum Gasteiger partial charge on any atom is -0.346 e. The van der Waals surface area contributed by atoms with Gasteiger partial charge in [-0.1, -0.05) is 17.7 Å². The zero-order valence-corrected chi connectivity index (χ0v) is 29.5. The first-order valence-electron chi connectivity index (χ1n) is 16.7. The maximum absolute atomic E-state index is 15.3. The van der Waals surface area contributed by atoms with Crippen molar-refractivity contribution in [2.75, 3.05) is 0 Å². The van der Waals surface area contributed by atoms with Crippen LogP contribution in [0.5, 0.6) is 0 Å². The predicted octanol–water partition coefficient (Wildman–Crippen LogP) is 6.61. The van der Waals surface area contributed by atoms with Crippen LogP contribution in [0.25, 0.3) is 22.2 Å². The summed E-state index contributed by atoms with van der Waals surface area (Å²) in [5.74, 6) is -9.26. The van der Waals surface area contributed by atoms with E-state index in [1.165, 1.54) is 31.3 Å². The number of fused-ring (bicyclic) bond motifs is 4. The lowest BCUT2D eigenvalue weighted by molar-refractivity contribution is -0.123. The molecule has 282 valence electrons. The number of halogens is 7. The quantitative estimate of drug-likeness (QED) is 0.127. The van der Waals surface area contributed by atoms with Gasteiger partial charge in [0, 0.05) is 23.1 Å². The molecule has 2 aromatic carbocycles. The van der Waals surface area contributed by atoms with E-state index in [1.54, 1.807) is 6.07 Å². The number of alkyl halides is 4. The number of nitrogens with one attached hydrogen (secondary N) is 3. The van der Waals surface area contributed by atoms with Gasteiger partial charge in [0.2, 0.25) is 15.9 Å². The highest BCUT2D eigenvalue weighted by Gasteiger charge is 2.67. The second kappa shape index (κ2) is 12.5. The van der Waals surface area contributed by atoms with Crippen LogP contribution in [-0.4, -0.2) is 49.9 Å². The molecule has 3 atom stereocenters. The number of pyridine rings is 1. The topological polar surface area (TPSA) is 152 Å². The molecule has 2 saturated carbocycles. The van der Waals surface area contributed by atoms with Gasteiger partial charge in [0.1, 0.15) is 35.1 Å². The third-order valence-corrected chi connectivity index (χ3v) is 12.8. The fourth-order valence-electron chi connectivity index (χ4n) is 7.14. The Hall–Kier alpha value is -4.97. The van der Waals surface area contributed by atoms with Crippen LogP contribution in [-0.2, 0) is 33.7 Å². The van der Waals surface area contributed by atoms with Gasteiger partial charge in [0.25, 0.3) is 18.3 Å². The highest BCUT2D eigenvalue weighted by molar-refractivity contribution is 7.91. The molecule has 5 aromatic rings. The number of hydrogen-bond acceptors (Lipinski definition) is 7. The summed E-state index contributed by atoms with van der Waals surface area (Å²) in [6, 6.07) is 7.11. The second-order valence-electron chi connectivity index (χ2n) is 14.1. The second-order valence-corrected chi connectivity index (χ2v) is 16.7.